The van der Waals surface area contributed by atoms with Crippen LogP contribution >= 0.6 is 0 Å². The van der Waals surface area contributed by atoms with E-state index in [0.29, 0.717) is 13.2 Å². The Morgan fingerprint density at radius 1 is 1.24 bits per heavy atom. The average Bonchev–Trinajstić information content (AvgIpc) is 2.53. The smallest absolute Gasteiger partial charge is 0.137 e. The highest BCUT2D eigenvalue weighted by atomic mass is 16.5. The maximum Gasteiger partial charge on any atom is 0.137 e. The van der Waals surface area contributed by atoms with Crippen LogP contribution in [0.4, 0.5) is 0 Å². The largest absolute Gasteiger partial charge is 0.492 e. The van der Waals surface area contributed by atoms with Gasteiger partial charge >= 0.3 is 0 Å². The lowest BCUT2D eigenvalue weighted by Gasteiger charge is -2.41. The highest BCUT2D eigenvalue weighted by Gasteiger charge is 2.39. The first-order chi connectivity index (χ1) is 10.2. The third kappa shape index (κ3) is 3.95. The van der Waals surface area contributed by atoms with Crippen molar-refractivity contribution in [2.24, 2.45) is 5.73 Å². The Morgan fingerprint density at radius 3 is 2.67 bits per heavy atom. The highest BCUT2D eigenvalue weighted by Crippen LogP contribution is 2.40. The predicted molar refractivity (Wildman–Crippen MR) is 84.4 cm³/mol. The Labute approximate surface area is 128 Å². The number of aromatic nitrogens is 1. The van der Waals surface area contributed by atoms with E-state index in [2.05, 4.69) is 11.9 Å². The van der Waals surface area contributed by atoms with Gasteiger partial charge in [-0.25, -0.2) is 0 Å². The summed E-state index contributed by atoms with van der Waals surface area (Å²) in [6.45, 7) is 5.54. The maximum absolute atomic E-state index is 6.57. The fourth-order valence-electron chi connectivity index (χ4n) is 3.19. The van der Waals surface area contributed by atoms with Gasteiger partial charge in [0.15, 0.2) is 0 Å². The van der Waals surface area contributed by atoms with E-state index in [1.807, 2.05) is 19.2 Å². The Balaban J connectivity index is 2.17. The Morgan fingerprint density at radius 2 is 2.00 bits per heavy atom. The Hall–Kier alpha value is -1.13. The van der Waals surface area contributed by atoms with Crippen LogP contribution in [0.1, 0.15) is 64.0 Å². The van der Waals surface area contributed by atoms with Crippen molar-refractivity contribution >= 4 is 0 Å². The second kappa shape index (κ2) is 7.76. The van der Waals surface area contributed by atoms with Crippen molar-refractivity contribution in [2.75, 3.05) is 13.2 Å². The molecule has 4 heteroatoms. The number of hydrogen-bond acceptors (Lipinski definition) is 4. The minimum Gasteiger partial charge on any atom is -0.492 e. The van der Waals surface area contributed by atoms with Crippen molar-refractivity contribution in [3.8, 4) is 5.75 Å². The molecule has 21 heavy (non-hydrogen) atoms. The van der Waals surface area contributed by atoms with Crippen molar-refractivity contribution in [1.29, 1.82) is 0 Å². The van der Waals surface area contributed by atoms with Crippen LogP contribution < -0.4 is 10.5 Å². The summed E-state index contributed by atoms with van der Waals surface area (Å²) in [5.74, 6) is 0.798. The molecule has 1 atom stereocenters. The summed E-state index contributed by atoms with van der Waals surface area (Å²) in [7, 11) is 0. The molecule has 1 fully saturated rings. The van der Waals surface area contributed by atoms with E-state index in [1.165, 1.54) is 19.3 Å². The molecule has 1 unspecified atom stereocenters. The van der Waals surface area contributed by atoms with Crippen molar-refractivity contribution in [2.45, 2.75) is 64.0 Å². The van der Waals surface area contributed by atoms with E-state index in [-0.39, 0.29) is 11.6 Å². The third-order valence-electron chi connectivity index (χ3n) is 4.26. The molecule has 0 bridgehead atoms. The van der Waals surface area contributed by atoms with Crippen LogP contribution in [0.2, 0.25) is 0 Å². The Kier molecular flexibility index (Phi) is 6.00. The molecule has 118 valence electrons. The zero-order chi connectivity index (χ0) is 15.1. The van der Waals surface area contributed by atoms with Crippen LogP contribution in [0.15, 0.2) is 18.5 Å². The molecule has 1 aliphatic rings. The van der Waals surface area contributed by atoms with Crippen molar-refractivity contribution in [1.82, 2.24) is 4.98 Å². The van der Waals surface area contributed by atoms with Crippen LogP contribution in [0.25, 0.3) is 0 Å². The van der Waals surface area contributed by atoms with Crippen LogP contribution in [-0.2, 0) is 4.74 Å². The van der Waals surface area contributed by atoms with E-state index in [9.17, 15) is 0 Å². The SMILES string of the molecule is CCCOc1cncc(C(N)C2(OCC)CCCCC2)c1. The highest BCUT2D eigenvalue weighted by molar-refractivity contribution is 5.28. The molecule has 4 nitrogen and oxygen atoms in total. The average molecular weight is 292 g/mol. The van der Waals surface area contributed by atoms with Crippen molar-refractivity contribution in [3.05, 3.63) is 24.0 Å². The van der Waals surface area contributed by atoms with Gasteiger partial charge in [-0.3, -0.25) is 4.98 Å². The molecule has 1 aliphatic carbocycles. The van der Waals surface area contributed by atoms with Gasteiger partial charge in [0.05, 0.1) is 24.4 Å². The molecule has 0 radical (unpaired) electrons. The summed E-state index contributed by atoms with van der Waals surface area (Å²) in [5, 5.41) is 0. The van der Waals surface area contributed by atoms with Gasteiger partial charge in [-0.15, -0.1) is 0 Å². The first-order valence-corrected chi connectivity index (χ1v) is 8.19. The van der Waals surface area contributed by atoms with Crippen molar-refractivity contribution in [3.63, 3.8) is 0 Å². The number of nitrogens with zero attached hydrogens (tertiary/aromatic N) is 1. The van der Waals surface area contributed by atoms with E-state index in [4.69, 9.17) is 15.2 Å². The molecular weight excluding hydrogens is 264 g/mol. The monoisotopic (exact) mass is 292 g/mol. The fraction of sp³-hybridized carbons (Fsp3) is 0.706. The van der Waals surface area contributed by atoms with Crippen LogP contribution in [0.3, 0.4) is 0 Å². The van der Waals surface area contributed by atoms with Gasteiger partial charge in [0, 0.05) is 12.8 Å². The summed E-state index contributed by atoms with van der Waals surface area (Å²) < 4.78 is 11.8. The summed E-state index contributed by atoms with van der Waals surface area (Å²) in [6.07, 6.45) is 10.3. The first-order valence-electron chi connectivity index (χ1n) is 8.19. The second-order valence-corrected chi connectivity index (χ2v) is 5.84. The van der Waals surface area contributed by atoms with Gasteiger partial charge in [-0.05, 0) is 37.8 Å². The first kappa shape index (κ1) is 16.2. The molecule has 1 aromatic heterocycles. The topological polar surface area (TPSA) is 57.4 Å². The molecule has 0 spiro atoms. The minimum atomic E-state index is -0.238. The van der Waals surface area contributed by atoms with E-state index < -0.39 is 0 Å². The van der Waals surface area contributed by atoms with Gasteiger partial charge in [0.25, 0.3) is 0 Å². The number of rotatable bonds is 7. The number of hydrogen-bond donors (Lipinski definition) is 1. The van der Waals surface area contributed by atoms with E-state index >= 15 is 0 Å². The lowest BCUT2D eigenvalue weighted by molar-refractivity contribution is -0.0831. The predicted octanol–water partition coefficient (Wildman–Crippen LogP) is 3.61. The summed E-state index contributed by atoms with van der Waals surface area (Å²) in [5.41, 5.74) is 7.34. The van der Waals surface area contributed by atoms with Crippen LogP contribution in [-0.4, -0.2) is 23.8 Å². The summed E-state index contributed by atoms with van der Waals surface area (Å²) >= 11 is 0. The lowest BCUT2D eigenvalue weighted by Crippen LogP contribution is -2.45. The molecule has 1 saturated carbocycles. The van der Waals surface area contributed by atoms with Gasteiger partial charge in [0.2, 0.25) is 0 Å². The standard InChI is InChI=1S/C17H28N2O2/c1-3-10-20-15-11-14(12-19-13-15)16(18)17(21-4-2)8-6-5-7-9-17/h11-13,16H,3-10,18H2,1-2H3. The number of ether oxygens (including phenoxy) is 2. The van der Waals surface area contributed by atoms with Crippen LogP contribution in [0.5, 0.6) is 5.75 Å². The Bertz CT molecular complexity index is 425. The zero-order valence-corrected chi connectivity index (χ0v) is 13.3. The molecule has 2 rings (SSSR count). The zero-order valence-electron chi connectivity index (χ0n) is 13.3. The number of pyridine rings is 1. The van der Waals surface area contributed by atoms with Crippen LogP contribution in [0, 0.1) is 0 Å². The van der Waals surface area contributed by atoms with Gasteiger partial charge < -0.3 is 15.2 Å². The second-order valence-electron chi connectivity index (χ2n) is 5.84. The summed E-state index contributed by atoms with van der Waals surface area (Å²) in [6, 6.07) is 1.87. The van der Waals surface area contributed by atoms with Gasteiger partial charge in [0.1, 0.15) is 5.75 Å². The molecule has 1 heterocycles. The lowest BCUT2D eigenvalue weighted by atomic mass is 9.77. The molecule has 0 saturated heterocycles. The maximum atomic E-state index is 6.57. The van der Waals surface area contributed by atoms with Gasteiger partial charge in [-0.2, -0.15) is 0 Å². The molecule has 0 amide bonds. The fourth-order valence-corrected chi connectivity index (χ4v) is 3.19. The van der Waals surface area contributed by atoms with E-state index in [1.54, 1.807) is 6.20 Å². The molecule has 2 N–H and O–H groups in total. The molecular formula is C17H28N2O2. The van der Waals surface area contributed by atoms with E-state index in [0.717, 1.165) is 30.6 Å². The molecule has 0 aromatic carbocycles. The van der Waals surface area contributed by atoms with Gasteiger partial charge in [-0.1, -0.05) is 26.2 Å². The summed E-state index contributed by atoms with van der Waals surface area (Å²) in [4.78, 5) is 4.28. The normalized spacial score (nSPS) is 19.2. The van der Waals surface area contributed by atoms with Crippen molar-refractivity contribution < 1.29 is 9.47 Å². The number of nitrogens with two attached hydrogens (primary N) is 1. The quantitative estimate of drug-likeness (QED) is 0.834. The minimum absolute atomic E-state index is 0.143. The molecule has 1 aromatic rings. The third-order valence-corrected chi connectivity index (χ3v) is 4.26. The molecule has 0 aliphatic heterocycles.